The third kappa shape index (κ3) is 60.9. The van der Waals surface area contributed by atoms with Gasteiger partial charge in [-0.25, -0.2) is 0 Å². The van der Waals surface area contributed by atoms with Crippen LogP contribution in [0.3, 0.4) is 0 Å². The topological polar surface area (TPSA) is 0 Å². The molecule has 0 rings (SSSR count). The first-order valence-corrected chi connectivity index (χ1v) is 22.7. The van der Waals surface area contributed by atoms with Gasteiger partial charge in [-0.1, -0.05) is 219 Å². The molecule has 0 aliphatic heterocycles. The van der Waals surface area contributed by atoms with Gasteiger partial charge >= 0.3 is 0 Å². The largest absolute Gasteiger partial charge is 1.00 e. The Bertz CT molecular complexity index is 569. The number of unbranched alkanes of at least 4 members (excludes halogenated alkanes) is 34. The summed E-state index contributed by atoms with van der Waals surface area (Å²) < 4.78 is 2.25. The first-order valence-electron chi connectivity index (χ1n) is 22.7. The number of rotatable bonds is 38. The Morgan fingerprint density at radius 1 is 0.200 bits per heavy atom. The van der Waals surface area contributed by atoms with Gasteiger partial charge in [0.2, 0.25) is 0 Å². The van der Waals surface area contributed by atoms with E-state index in [2.05, 4.69) is 56.1 Å². The molecular formula is C46H100Br2N2. The Labute approximate surface area is 341 Å². The number of hydrogen-bond acceptors (Lipinski definition) is 0. The van der Waals surface area contributed by atoms with E-state index in [1.54, 1.807) is 0 Å². The van der Waals surface area contributed by atoms with Gasteiger partial charge in [-0.2, -0.15) is 0 Å². The number of halogens is 2. The van der Waals surface area contributed by atoms with E-state index in [4.69, 9.17) is 0 Å². The van der Waals surface area contributed by atoms with Gasteiger partial charge in [0.15, 0.2) is 0 Å². The lowest BCUT2D eigenvalue weighted by Gasteiger charge is -2.23. The normalized spacial score (nSPS) is 11.5. The quantitative estimate of drug-likeness (QED) is 0.0430. The summed E-state index contributed by atoms with van der Waals surface area (Å²) in [6.45, 7) is 7.26. The lowest BCUT2D eigenvalue weighted by atomic mass is 10.0. The van der Waals surface area contributed by atoms with Gasteiger partial charge in [-0.3, -0.25) is 0 Å². The van der Waals surface area contributed by atoms with Gasteiger partial charge < -0.3 is 42.9 Å². The average molecular weight is 841 g/mol. The molecule has 0 saturated heterocycles. The van der Waals surface area contributed by atoms with E-state index in [0.717, 1.165) is 8.97 Å². The molecule has 0 amide bonds. The predicted molar refractivity (Wildman–Crippen MR) is 223 cm³/mol. The molecule has 0 fully saturated rings. The smallest absolute Gasteiger partial charge is 0.0780 e. The SMILES string of the molecule is CCCCCCCCCCCCCCCCCCCCCC[N+](C)(C)C.CCCCCCCCCCCCCCCCCC[N+](C)(C)C.[Br-].[Br-]. The van der Waals surface area contributed by atoms with Crippen molar-refractivity contribution >= 4 is 0 Å². The lowest BCUT2D eigenvalue weighted by molar-refractivity contribution is -0.870. The molecule has 50 heavy (non-hydrogen) atoms. The Morgan fingerprint density at radius 3 is 0.440 bits per heavy atom. The minimum Gasteiger partial charge on any atom is -1.00 e. The summed E-state index contributed by atoms with van der Waals surface area (Å²) >= 11 is 0. The van der Waals surface area contributed by atoms with Crippen molar-refractivity contribution in [3.05, 3.63) is 0 Å². The fourth-order valence-corrected chi connectivity index (χ4v) is 6.98. The van der Waals surface area contributed by atoms with Crippen LogP contribution in [0.1, 0.15) is 245 Å². The molecule has 0 saturated carbocycles. The van der Waals surface area contributed by atoms with E-state index in [0.29, 0.717) is 0 Å². The van der Waals surface area contributed by atoms with Gasteiger partial charge in [0, 0.05) is 0 Å². The molecule has 0 aromatic rings. The van der Waals surface area contributed by atoms with Crippen LogP contribution in [0.25, 0.3) is 0 Å². The molecule has 0 radical (unpaired) electrons. The first kappa shape index (κ1) is 57.6. The molecule has 0 spiro atoms. The van der Waals surface area contributed by atoms with Crippen LogP contribution in [0, 0.1) is 0 Å². The van der Waals surface area contributed by atoms with E-state index in [1.165, 1.54) is 244 Å². The summed E-state index contributed by atoms with van der Waals surface area (Å²) in [6.07, 6.45) is 52.7. The van der Waals surface area contributed by atoms with Gasteiger partial charge in [0.1, 0.15) is 0 Å². The van der Waals surface area contributed by atoms with E-state index in [1.807, 2.05) is 0 Å². The van der Waals surface area contributed by atoms with Crippen molar-refractivity contribution in [3.63, 3.8) is 0 Å². The molecule has 0 N–H and O–H groups in total. The van der Waals surface area contributed by atoms with E-state index in [9.17, 15) is 0 Å². The fraction of sp³-hybridized carbons (Fsp3) is 1.00. The zero-order chi connectivity index (χ0) is 35.9. The molecule has 308 valence electrons. The monoisotopic (exact) mass is 839 g/mol. The van der Waals surface area contributed by atoms with Crippen molar-refractivity contribution in [2.45, 2.75) is 245 Å². The second-order valence-electron chi connectivity index (χ2n) is 18.0. The molecule has 0 aliphatic carbocycles. The van der Waals surface area contributed by atoms with Gasteiger partial charge in [-0.05, 0) is 25.7 Å². The van der Waals surface area contributed by atoms with Gasteiger partial charge in [0.25, 0.3) is 0 Å². The highest BCUT2D eigenvalue weighted by Crippen LogP contribution is 2.16. The Morgan fingerprint density at radius 2 is 0.320 bits per heavy atom. The molecule has 0 bridgehead atoms. The number of quaternary nitrogens is 2. The molecule has 4 heteroatoms. The number of hydrogen-bond donors (Lipinski definition) is 0. The van der Waals surface area contributed by atoms with Crippen molar-refractivity contribution in [2.75, 3.05) is 55.4 Å². The summed E-state index contributed by atoms with van der Waals surface area (Å²) in [5, 5.41) is 0. The van der Waals surface area contributed by atoms with Crippen LogP contribution in [0.4, 0.5) is 0 Å². The van der Waals surface area contributed by atoms with Crippen LogP contribution >= 0.6 is 0 Å². The highest BCUT2D eigenvalue weighted by Gasteiger charge is 2.06. The van der Waals surface area contributed by atoms with E-state index in [-0.39, 0.29) is 34.0 Å². The maximum absolute atomic E-state index is 2.30. The zero-order valence-corrected chi connectivity index (χ0v) is 39.7. The van der Waals surface area contributed by atoms with Crippen molar-refractivity contribution in [2.24, 2.45) is 0 Å². The molecule has 0 aliphatic rings. The summed E-state index contributed by atoms with van der Waals surface area (Å²) in [5.74, 6) is 0. The second-order valence-corrected chi connectivity index (χ2v) is 18.0. The molecule has 2 nitrogen and oxygen atoms in total. The average Bonchev–Trinajstić information content (AvgIpc) is 3.03. The van der Waals surface area contributed by atoms with Crippen LogP contribution in [-0.2, 0) is 0 Å². The van der Waals surface area contributed by atoms with Crippen LogP contribution in [0.2, 0.25) is 0 Å². The molecule has 0 heterocycles. The summed E-state index contributed by atoms with van der Waals surface area (Å²) in [4.78, 5) is 0. The molecule has 0 aromatic carbocycles. The van der Waals surface area contributed by atoms with Crippen LogP contribution in [0.5, 0.6) is 0 Å². The van der Waals surface area contributed by atoms with Crippen molar-refractivity contribution < 1.29 is 42.9 Å². The molecule has 0 unspecified atom stereocenters. The first-order chi connectivity index (χ1) is 23.1. The van der Waals surface area contributed by atoms with Crippen LogP contribution in [-0.4, -0.2) is 64.3 Å². The lowest BCUT2D eigenvalue weighted by Crippen LogP contribution is -3.00. The summed E-state index contributed by atoms with van der Waals surface area (Å²) in [5.41, 5.74) is 0. The fourth-order valence-electron chi connectivity index (χ4n) is 6.98. The molecule has 0 atom stereocenters. The minimum atomic E-state index is 0. The van der Waals surface area contributed by atoms with Crippen molar-refractivity contribution in [1.82, 2.24) is 0 Å². The standard InChI is InChI=1S/C25H54N.C21H46N.2BrH/c1-5-6-7-8-9-10-11-12-13-14-15-16-17-18-19-20-21-22-23-24-25-26(2,3)4;1-5-6-7-8-9-10-11-12-13-14-15-16-17-18-19-20-21-22(2,3)4;;/h5-25H2,1-4H3;5-21H2,1-4H3;2*1H/q2*+1;;/p-2. The van der Waals surface area contributed by atoms with Gasteiger partial charge in [-0.15, -0.1) is 0 Å². The highest BCUT2D eigenvalue weighted by molar-refractivity contribution is 4.52. The van der Waals surface area contributed by atoms with Crippen LogP contribution < -0.4 is 34.0 Å². The predicted octanol–water partition coefficient (Wildman–Crippen LogP) is 9.48. The molecule has 0 aromatic heterocycles. The molecular weight excluding hydrogens is 740 g/mol. The summed E-state index contributed by atoms with van der Waals surface area (Å²) in [6, 6.07) is 0. The van der Waals surface area contributed by atoms with E-state index >= 15 is 0 Å². The Kier molecular flexibility index (Phi) is 53.0. The Hall–Kier alpha value is 0.880. The van der Waals surface area contributed by atoms with Crippen molar-refractivity contribution in [1.29, 1.82) is 0 Å². The maximum Gasteiger partial charge on any atom is 0.0780 e. The second kappa shape index (κ2) is 46.0. The van der Waals surface area contributed by atoms with E-state index < -0.39 is 0 Å². The summed E-state index contributed by atoms with van der Waals surface area (Å²) in [7, 11) is 13.8. The highest BCUT2D eigenvalue weighted by atomic mass is 79.9. The zero-order valence-electron chi connectivity index (χ0n) is 36.5. The Balaban J connectivity index is -0.000000412. The van der Waals surface area contributed by atoms with Crippen molar-refractivity contribution in [3.8, 4) is 0 Å². The third-order valence-corrected chi connectivity index (χ3v) is 10.4. The maximum atomic E-state index is 2.30. The van der Waals surface area contributed by atoms with Crippen LogP contribution in [0.15, 0.2) is 0 Å². The minimum absolute atomic E-state index is 0. The third-order valence-electron chi connectivity index (χ3n) is 10.4. The number of nitrogens with zero attached hydrogens (tertiary/aromatic N) is 2. The van der Waals surface area contributed by atoms with Gasteiger partial charge in [0.05, 0.1) is 55.4 Å².